The van der Waals surface area contributed by atoms with Gasteiger partial charge >= 0.3 is 0 Å². The number of ether oxygens (including phenoxy) is 2. The Morgan fingerprint density at radius 3 is 2.63 bits per heavy atom. The minimum atomic E-state index is 0.140. The number of allylic oxidation sites excluding steroid dienone is 4. The Balaban J connectivity index is 1.94. The van der Waals surface area contributed by atoms with Crippen LogP contribution in [-0.2, 0) is 9.47 Å². The largest absolute Gasteiger partial charge is 0.379 e. The Kier molecular flexibility index (Phi) is 7.27. The normalized spacial score (nSPS) is 30.8. The van der Waals surface area contributed by atoms with E-state index in [1.807, 2.05) is 0 Å². The summed E-state index contributed by atoms with van der Waals surface area (Å²) in [5.74, 6) is 1.69. The number of amidine groups is 1. The highest BCUT2D eigenvalue weighted by atomic mass is 16.5. The molecule has 0 spiro atoms. The summed E-state index contributed by atoms with van der Waals surface area (Å²) in [6.45, 7) is 14.8. The fraction of sp³-hybridized carbons (Fsp3) is 0.682. The molecule has 0 aromatic rings. The van der Waals surface area contributed by atoms with Gasteiger partial charge in [0.2, 0.25) is 0 Å². The summed E-state index contributed by atoms with van der Waals surface area (Å²) < 4.78 is 11.2. The zero-order valence-electron chi connectivity index (χ0n) is 17.4. The van der Waals surface area contributed by atoms with Crippen LogP contribution in [0.4, 0.5) is 0 Å². The van der Waals surface area contributed by atoms with Gasteiger partial charge in [-0.25, -0.2) is 4.99 Å². The first-order valence-corrected chi connectivity index (χ1v) is 10.4. The Hall–Kier alpha value is -1.43. The van der Waals surface area contributed by atoms with Gasteiger partial charge in [0.1, 0.15) is 12.0 Å². The molecule has 2 unspecified atom stereocenters. The van der Waals surface area contributed by atoms with Crippen LogP contribution in [0.1, 0.15) is 34.1 Å². The van der Waals surface area contributed by atoms with Gasteiger partial charge in [-0.3, -0.25) is 4.90 Å². The predicted molar refractivity (Wildman–Crippen MR) is 111 cm³/mol. The van der Waals surface area contributed by atoms with Crippen molar-refractivity contribution in [1.82, 2.24) is 9.80 Å². The van der Waals surface area contributed by atoms with E-state index in [-0.39, 0.29) is 6.17 Å². The van der Waals surface area contributed by atoms with Gasteiger partial charge in [-0.05, 0) is 38.7 Å². The summed E-state index contributed by atoms with van der Waals surface area (Å²) >= 11 is 0. The minimum absolute atomic E-state index is 0.140. The summed E-state index contributed by atoms with van der Waals surface area (Å²) in [4.78, 5) is 10.1. The van der Waals surface area contributed by atoms with Crippen molar-refractivity contribution in [3.8, 4) is 0 Å². The lowest BCUT2D eigenvalue weighted by molar-refractivity contribution is 0.0197. The van der Waals surface area contributed by atoms with Gasteiger partial charge in [0.25, 0.3) is 0 Å². The molecule has 0 bridgehead atoms. The standard InChI is InChI=1S/C22H35N3O2/c1-17-6-5-7-21(18(2)9-8-17)22(25-12-15-27-16-19(25)3)23-20(4)24-10-13-26-14-11-24/h5-7,9,17,19-20H,8,10-16H2,1-4H3/b6-5+,18-9?,21-7?,23-22?/t17?,19-,20?/m0/s1. The Bertz CT molecular complexity index is 617. The van der Waals surface area contributed by atoms with E-state index in [1.54, 1.807) is 0 Å². The Morgan fingerprint density at radius 2 is 1.89 bits per heavy atom. The molecule has 1 aliphatic carbocycles. The molecule has 150 valence electrons. The van der Waals surface area contributed by atoms with Gasteiger partial charge in [0, 0.05) is 25.2 Å². The van der Waals surface area contributed by atoms with Crippen LogP contribution in [-0.4, -0.2) is 73.9 Å². The second kappa shape index (κ2) is 9.67. The highest BCUT2D eigenvalue weighted by Gasteiger charge is 2.27. The number of nitrogens with zero attached hydrogens (tertiary/aromatic N) is 3. The molecule has 2 aliphatic heterocycles. The smallest absolute Gasteiger partial charge is 0.133 e. The Labute approximate surface area is 164 Å². The van der Waals surface area contributed by atoms with Gasteiger partial charge in [0.15, 0.2) is 0 Å². The van der Waals surface area contributed by atoms with Crippen LogP contribution in [0.3, 0.4) is 0 Å². The molecular formula is C22H35N3O2. The molecule has 0 saturated carbocycles. The molecule has 0 radical (unpaired) electrons. The SMILES string of the molecule is CC1=CCC(C)/C=C/C=C1C(=NC(C)N1CCOCC1)N1CCOC[C@@H]1C. The molecule has 0 aromatic carbocycles. The first-order chi connectivity index (χ1) is 13.1. The Morgan fingerprint density at radius 1 is 1.15 bits per heavy atom. The van der Waals surface area contributed by atoms with Crippen LogP contribution < -0.4 is 0 Å². The number of hydrogen-bond donors (Lipinski definition) is 0. The van der Waals surface area contributed by atoms with Gasteiger partial charge in [0.05, 0.1) is 32.5 Å². The zero-order valence-corrected chi connectivity index (χ0v) is 17.4. The van der Waals surface area contributed by atoms with Gasteiger partial charge in [-0.1, -0.05) is 31.2 Å². The highest BCUT2D eigenvalue weighted by Crippen LogP contribution is 2.23. The van der Waals surface area contributed by atoms with Crippen molar-refractivity contribution >= 4 is 5.84 Å². The minimum Gasteiger partial charge on any atom is -0.379 e. The predicted octanol–water partition coefficient (Wildman–Crippen LogP) is 3.25. The highest BCUT2D eigenvalue weighted by molar-refractivity contribution is 6.02. The summed E-state index contributed by atoms with van der Waals surface area (Å²) in [6.07, 6.45) is 10.3. The molecule has 2 heterocycles. The average molecular weight is 374 g/mol. The van der Waals surface area contributed by atoms with Crippen molar-refractivity contribution in [1.29, 1.82) is 0 Å². The van der Waals surface area contributed by atoms with E-state index >= 15 is 0 Å². The molecule has 0 amide bonds. The summed E-state index contributed by atoms with van der Waals surface area (Å²) in [6, 6.07) is 0.330. The third-order valence-corrected chi connectivity index (χ3v) is 5.69. The van der Waals surface area contributed by atoms with E-state index in [9.17, 15) is 0 Å². The molecule has 27 heavy (non-hydrogen) atoms. The molecular weight excluding hydrogens is 338 g/mol. The monoisotopic (exact) mass is 373 g/mol. The van der Waals surface area contributed by atoms with Gasteiger partial charge in [-0.15, -0.1) is 0 Å². The molecule has 2 saturated heterocycles. The fourth-order valence-corrected chi connectivity index (χ4v) is 3.82. The van der Waals surface area contributed by atoms with Crippen LogP contribution in [0.5, 0.6) is 0 Å². The lowest BCUT2D eigenvalue weighted by atomic mass is 9.96. The lowest BCUT2D eigenvalue weighted by Gasteiger charge is -2.38. The molecule has 3 rings (SSSR count). The van der Waals surface area contributed by atoms with Crippen molar-refractivity contribution in [2.24, 2.45) is 10.9 Å². The summed E-state index contributed by atoms with van der Waals surface area (Å²) in [5.41, 5.74) is 2.56. The van der Waals surface area contributed by atoms with Crippen molar-refractivity contribution < 1.29 is 9.47 Å². The van der Waals surface area contributed by atoms with Crippen molar-refractivity contribution in [2.45, 2.75) is 46.3 Å². The first-order valence-electron chi connectivity index (χ1n) is 10.4. The third-order valence-electron chi connectivity index (χ3n) is 5.69. The van der Waals surface area contributed by atoms with Crippen LogP contribution >= 0.6 is 0 Å². The third kappa shape index (κ3) is 5.31. The van der Waals surface area contributed by atoms with Gasteiger partial charge in [-0.2, -0.15) is 0 Å². The lowest BCUT2D eigenvalue weighted by Crippen LogP contribution is -2.49. The number of morpholine rings is 2. The van der Waals surface area contributed by atoms with Crippen LogP contribution in [0.15, 0.2) is 40.4 Å². The van der Waals surface area contributed by atoms with Crippen molar-refractivity contribution in [3.63, 3.8) is 0 Å². The molecule has 0 aromatic heterocycles. The number of aliphatic imine (C=N–C) groups is 1. The number of hydrogen-bond acceptors (Lipinski definition) is 4. The molecule has 2 fully saturated rings. The maximum absolute atomic E-state index is 5.68. The van der Waals surface area contributed by atoms with E-state index in [4.69, 9.17) is 14.5 Å². The van der Waals surface area contributed by atoms with Crippen LogP contribution in [0.25, 0.3) is 0 Å². The quantitative estimate of drug-likeness (QED) is 0.562. The van der Waals surface area contributed by atoms with E-state index in [2.05, 4.69) is 61.8 Å². The second-order valence-electron chi connectivity index (χ2n) is 7.92. The second-order valence-corrected chi connectivity index (χ2v) is 7.92. The van der Waals surface area contributed by atoms with Crippen LogP contribution in [0, 0.1) is 5.92 Å². The average Bonchev–Trinajstić information content (AvgIpc) is 2.68. The van der Waals surface area contributed by atoms with Crippen molar-refractivity contribution in [2.75, 3.05) is 46.1 Å². The number of rotatable bonds is 3. The maximum Gasteiger partial charge on any atom is 0.133 e. The molecule has 0 N–H and O–H groups in total. The molecule has 3 atom stereocenters. The zero-order chi connectivity index (χ0) is 19.2. The van der Waals surface area contributed by atoms with E-state index in [0.717, 1.165) is 58.3 Å². The summed E-state index contributed by atoms with van der Waals surface area (Å²) in [5, 5.41) is 0. The molecule has 3 aliphatic rings. The molecule has 5 nitrogen and oxygen atoms in total. The van der Waals surface area contributed by atoms with Crippen molar-refractivity contribution in [3.05, 3.63) is 35.5 Å². The molecule has 5 heteroatoms. The van der Waals surface area contributed by atoms with E-state index in [1.165, 1.54) is 11.1 Å². The fourth-order valence-electron chi connectivity index (χ4n) is 3.82. The van der Waals surface area contributed by atoms with Gasteiger partial charge < -0.3 is 14.4 Å². The van der Waals surface area contributed by atoms with E-state index in [0.29, 0.717) is 12.0 Å². The van der Waals surface area contributed by atoms with Crippen LogP contribution in [0.2, 0.25) is 0 Å². The maximum atomic E-state index is 5.68. The first kappa shape index (κ1) is 20.3. The summed E-state index contributed by atoms with van der Waals surface area (Å²) in [7, 11) is 0. The topological polar surface area (TPSA) is 37.3 Å². The van der Waals surface area contributed by atoms with E-state index < -0.39 is 0 Å².